The van der Waals surface area contributed by atoms with Crippen LogP contribution >= 0.6 is 0 Å². The highest BCUT2D eigenvalue weighted by atomic mass is 19.2. The molecule has 0 aliphatic rings. The molecule has 1 aromatic carbocycles. The van der Waals surface area contributed by atoms with Crippen molar-refractivity contribution < 1.29 is 32.3 Å². The summed E-state index contributed by atoms with van der Waals surface area (Å²) in [6.45, 7) is -1.30. The fourth-order valence-corrected chi connectivity index (χ4v) is 1.66. The molecule has 1 heterocycles. The molecule has 0 atom stereocenters. The average molecular weight is 368 g/mol. The summed E-state index contributed by atoms with van der Waals surface area (Å²) in [5, 5.41) is 4.06. The van der Waals surface area contributed by atoms with Crippen molar-refractivity contribution in [2.45, 2.75) is 0 Å². The van der Waals surface area contributed by atoms with Crippen LogP contribution in [0.5, 0.6) is 0 Å². The molecule has 0 aliphatic heterocycles. The summed E-state index contributed by atoms with van der Waals surface area (Å²) in [5.41, 5.74) is -0.691. The van der Waals surface area contributed by atoms with Gasteiger partial charge >= 0.3 is 5.97 Å². The number of carbonyl (C=O) groups is 3. The van der Waals surface area contributed by atoms with Crippen molar-refractivity contribution in [3.05, 3.63) is 53.9 Å². The minimum Gasteiger partial charge on any atom is -0.451 e. The molecule has 0 bridgehead atoms. The molecule has 0 saturated heterocycles. The standard InChI is InChI=1S/C15H11F3N4O4/c16-8-1-2-9(14(18)13(8)17)22-11(23)6-21-12(24)7-26-15(25)10-5-19-3-4-20-10/h1-5H,6-7H2,(H,21,24)(H,22,23). The van der Waals surface area contributed by atoms with E-state index in [0.717, 1.165) is 12.3 Å². The quantitative estimate of drug-likeness (QED) is 0.577. The first kappa shape index (κ1) is 18.8. The molecule has 8 nitrogen and oxygen atoms in total. The summed E-state index contributed by atoms with van der Waals surface area (Å²) >= 11 is 0. The number of halogens is 3. The molecule has 2 amide bonds. The number of amides is 2. The monoisotopic (exact) mass is 368 g/mol. The molecule has 0 unspecified atom stereocenters. The van der Waals surface area contributed by atoms with Crippen LogP contribution in [-0.2, 0) is 14.3 Å². The summed E-state index contributed by atoms with van der Waals surface area (Å²) in [4.78, 5) is 42.0. The van der Waals surface area contributed by atoms with Gasteiger partial charge in [0.25, 0.3) is 5.91 Å². The van der Waals surface area contributed by atoms with Crippen LogP contribution in [0.2, 0.25) is 0 Å². The van der Waals surface area contributed by atoms with Gasteiger partial charge in [0.2, 0.25) is 5.91 Å². The van der Waals surface area contributed by atoms with E-state index in [1.807, 2.05) is 5.32 Å². The second-order valence-electron chi connectivity index (χ2n) is 4.71. The van der Waals surface area contributed by atoms with Gasteiger partial charge in [0.15, 0.2) is 29.8 Å². The number of ether oxygens (including phenoxy) is 1. The zero-order chi connectivity index (χ0) is 19.1. The van der Waals surface area contributed by atoms with Crippen molar-refractivity contribution in [3.63, 3.8) is 0 Å². The number of hydrogen-bond acceptors (Lipinski definition) is 6. The maximum atomic E-state index is 13.4. The number of carbonyl (C=O) groups excluding carboxylic acids is 3. The number of benzene rings is 1. The van der Waals surface area contributed by atoms with E-state index in [1.165, 1.54) is 12.4 Å². The number of aromatic nitrogens is 2. The van der Waals surface area contributed by atoms with Gasteiger partial charge in [-0.05, 0) is 12.1 Å². The molecule has 0 radical (unpaired) electrons. The van der Waals surface area contributed by atoms with E-state index >= 15 is 0 Å². The fourth-order valence-electron chi connectivity index (χ4n) is 1.66. The van der Waals surface area contributed by atoms with Crippen LogP contribution in [0.4, 0.5) is 18.9 Å². The Hall–Kier alpha value is -3.50. The largest absolute Gasteiger partial charge is 0.451 e. The Morgan fingerprint density at radius 3 is 2.50 bits per heavy atom. The minimum atomic E-state index is -1.73. The van der Waals surface area contributed by atoms with E-state index in [0.29, 0.717) is 6.07 Å². The lowest BCUT2D eigenvalue weighted by molar-refractivity contribution is -0.126. The molecule has 11 heteroatoms. The predicted molar refractivity (Wildman–Crippen MR) is 80.3 cm³/mol. The Bertz CT molecular complexity index is 833. The minimum absolute atomic E-state index is 0.105. The second-order valence-corrected chi connectivity index (χ2v) is 4.71. The highest BCUT2D eigenvalue weighted by molar-refractivity contribution is 5.95. The molecule has 2 rings (SSSR count). The van der Waals surface area contributed by atoms with E-state index in [4.69, 9.17) is 0 Å². The summed E-state index contributed by atoms with van der Waals surface area (Å²) in [6, 6.07) is 1.47. The molecule has 2 aromatic rings. The third-order valence-electron chi connectivity index (χ3n) is 2.86. The van der Waals surface area contributed by atoms with Crippen LogP contribution in [-0.4, -0.2) is 40.9 Å². The van der Waals surface area contributed by atoms with Crippen molar-refractivity contribution in [1.29, 1.82) is 0 Å². The van der Waals surface area contributed by atoms with E-state index in [9.17, 15) is 27.6 Å². The van der Waals surface area contributed by atoms with Crippen molar-refractivity contribution in [2.24, 2.45) is 0 Å². The van der Waals surface area contributed by atoms with Crippen molar-refractivity contribution >= 4 is 23.5 Å². The van der Waals surface area contributed by atoms with Gasteiger partial charge in [-0.25, -0.2) is 22.9 Å². The lowest BCUT2D eigenvalue weighted by Crippen LogP contribution is -2.35. The summed E-state index contributed by atoms with van der Waals surface area (Å²) in [5.74, 6) is -7.31. The normalized spacial score (nSPS) is 10.1. The smallest absolute Gasteiger partial charge is 0.359 e. The molecular weight excluding hydrogens is 357 g/mol. The van der Waals surface area contributed by atoms with Crippen LogP contribution < -0.4 is 10.6 Å². The fraction of sp³-hybridized carbons (Fsp3) is 0.133. The van der Waals surface area contributed by atoms with E-state index < -0.39 is 54.1 Å². The highest BCUT2D eigenvalue weighted by Crippen LogP contribution is 2.19. The SMILES string of the molecule is O=C(COC(=O)c1cnccn1)NCC(=O)Nc1ccc(F)c(F)c1F. The zero-order valence-corrected chi connectivity index (χ0v) is 13.0. The Labute approximate surface area is 144 Å². The van der Waals surface area contributed by atoms with Gasteiger partial charge in [-0.1, -0.05) is 0 Å². The molecule has 136 valence electrons. The van der Waals surface area contributed by atoms with Crippen LogP contribution in [0.3, 0.4) is 0 Å². The second kappa shape index (κ2) is 8.55. The van der Waals surface area contributed by atoms with Gasteiger partial charge in [-0.2, -0.15) is 0 Å². The molecule has 0 aliphatic carbocycles. The maximum absolute atomic E-state index is 13.4. The molecule has 0 fully saturated rings. The van der Waals surface area contributed by atoms with Crippen molar-refractivity contribution in [3.8, 4) is 0 Å². The van der Waals surface area contributed by atoms with Crippen LogP contribution in [0.25, 0.3) is 0 Å². The lowest BCUT2D eigenvalue weighted by Gasteiger charge is -2.08. The van der Waals surface area contributed by atoms with Crippen molar-refractivity contribution in [1.82, 2.24) is 15.3 Å². The zero-order valence-electron chi connectivity index (χ0n) is 13.0. The molecule has 1 aromatic heterocycles. The Kier molecular flexibility index (Phi) is 6.20. The van der Waals surface area contributed by atoms with Gasteiger partial charge < -0.3 is 15.4 Å². The third kappa shape index (κ3) is 5.00. The number of hydrogen-bond donors (Lipinski definition) is 2. The number of nitrogens with one attached hydrogen (secondary N) is 2. The van der Waals surface area contributed by atoms with Crippen molar-refractivity contribution in [2.75, 3.05) is 18.5 Å². The first-order valence-corrected chi connectivity index (χ1v) is 7.01. The first-order valence-electron chi connectivity index (χ1n) is 7.01. The van der Waals surface area contributed by atoms with Gasteiger partial charge in [-0.15, -0.1) is 0 Å². The average Bonchev–Trinajstić information content (AvgIpc) is 2.65. The summed E-state index contributed by atoms with van der Waals surface area (Å²) in [6.07, 6.45) is 3.75. The number of rotatable bonds is 6. The first-order chi connectivity index (χ1) is 12.4. The molecular formula is C15H11F3N4O4. The highest BCUT2D eigenvalue weighted by Gasteiger charge is 2.16. The Balaban J connectivity index is 1.78. The number of nitrogens with zero attached hydrogens (tertiary/aromatic N) is 2. The predicted octanol–water partition coefficient (Wildman–Crippen LogP) is 0.806. The van der Waals surface area contributed by atoms with Crippen LogP contribution in [0.15, 0.2) is 30.7 Å². The maximum Gasteiger partial charge on any atom is 0.359 e. The molecule has 0 saturated carbocycles. The molecule has 2 N–H and O–H groups in total. The number of anilines is 1. The van der Waals surface area contributed by atoms with Gasteiger partial charge in [0.1, 0.15) is 0 Å². The topological polar surface area (TPSA) is 110 Å². The lowest BCUT2D eigenvalue weighted by atomic mass is 10.2. The van der Waals surface area contributed by atoms with E-state index in [2.05, 4.69) is 20.0 Å². The molecule has 0 spiro atoms. The van der Waals surface area contributed by atoms with E-state index in [-0.39, 0.29) is 5.69 Å². The van der Waals surface area contributed by atoms with Gasteiger partial charge in [0, 0.05) is 12.4 Å². The Morgan fingerprint density at radius 1 is 1.04 bits per heavy atom. The van der Waals surface area contributed by atoms with Crippen LogP contribution in [0.1, 0.15) is 10.5 Å². The number of esters is 1. The Morgan fingerprint density at radius 2 is 1.81 bits per heavy atom. The van der Waals surface area contributed by atoms with Gasteiger partial charge in [0.05, 0.1) is 18.4 Å². The third-order valence-corrected chi connectivity index (χ3v) is 2.86. The van der Waals surface area contributed by atoms with E-state index in [1.54, 1.807) is 0 Å². The van der Waals surface area contributed by atoms with Crippen LogP contribution in [0, 0.1) is 17.5 Å². The van der Waals surface area contributed by atoms with Gasteiger partial charge in [-0.3, -0.25) is 14.6 Å². The summed E-state index contributed by atoms with van der Waals surface area (Å²) < 4.78 is 43.9. The molecule has 26 heavy (non-hydrogen) atoms. The summed E-state index contributed by atoms with van der Waals surface area (Å²) in [7, 11) is 0.